The highest BCUT2D eigenvalue weighted by atomic mass is 35.5. The summed E-state index contributed by atoms with van der Waals surface area (Å²) in [4.78, 5) is 1.20. The van der Waals surface area contributed by atoms with Crippen molar-refractivity contribution in [3.63, 3.8) is 0 Å². The summed E-state index contributed by atoms with van der Waals surface area (Å²) in [6.45, 7) is -0.0117. The molecule has 0 bridgehead atoms. The quantitative estimate of drug-likeness (QED) is 0.827. The Hall–Kier alpha value is -0.510. The molecule has 1 aromatic carbocycles. The third-order valence-electron chi connectivity index (χ3n) is 1.89. The summed E-state index contributed by atoms with van der Waals surface area (Å²) < 4.78 is 12.7. The topological polar surface area (TPSA) is 26.0 Å². The first kappa shape index (κ1) is 14.5. The molecule has 4 heteroatoms. The van der Waals surface area contributed by atoms with Crippen LogP contribution in [0.4, 0.5) is 4.39 Å². The lowest BCUT2D eigenvalue weighted by atomic mass is 10.1. The molecule has 0 saturated carbocycles. The maximum Gasteiger partial charge on any atom is 0.110 e. The van der Waals surface area contributed by atoms with Gasteiger partial charge in [-0.2, -0.15) is 0 Å². The van der Waals surface area contributed by atoms with E-state index in [0.717, 1.165) is 5.56 Å². The third kappa shape index (κ3) is 5.21. The second-order valence-electron chi connectivity index (χ2n) is 2.91. The van der Waals surface area contributed by atoms with Gasteiger partial charge in [0.1, 0.15) is 5.83 Å². The Morgan fingerprint density at radius 3 is 2.87 bits per heavy atom. The summed E-state index contributed by atoms with van der Waals surface area (Å²) >= 11 is 1.68. The second-order valence-corrected chi connectivity index (χ2v) is 3.79. The molecule has 15 heavy (non-hydrogen) atoms. The van der Waals surface area contributed by atoms with Crippen LogP contribution in [0.25, 0.3) is 0 Å². The van der Waals surface area contributed by atoms with Crippen LogP contribution in [0.2, 0.25) is 0 Å². The van der Waals surface area contributed by atoms with E-state index in [1.807, 2.05) is 24.5 Å². The van der Waals surface area contributed by atoms with Gasteiger partial charge in [-0.3, -0.25) is 0 Å². The Morgan fingerprint density at radius 1 is 1.53 bits per heavy atom. The molecule has 84 valence electrons. The fourth-order valence-corrected chi connectivity index (χ4v) is 1.60. The van der Waals surface area contributed by atoms with Gasteiger partial charge in [-0.15, -0.1) is 24.2 Å². The summed E-state index contributed by atoms with van der Waals surface area (Å²) in [6.07, 6.45) is 4.16. The fraction of sp³-hybridized carbons (Fsp3) is 0.273. The van der Waals surface area contributed by atoms with Crippen molar-refractivity contribution in [2.75, 3.05) is 12.8 Å². The Kier molecular flexibility index (Phi) is 7.48. The first-order valence-electron chi connectivity index (χ1n) is 4.44. The lowest BCUT2D eigenvalue weighted by Gasteiger charge is -2.00. The van der Waals surface area contributed by atoms with E-state index in [0.29, 0.717) is 6.42 Å². The molecular formula is C11H15ClFNS. The van der Waals surface area contributed by atoms with Gasteiger partial charge in [-0.05, 0) is 36.4 Å². The average molecular weight is 248 g/mol. The summed E-state index contributed by atoms with van der Waals surface area (Å²) in [6, 6.07) is 8.07. The molecule has 0 spiro atoms. The zero-order valence-electron chi connectivity index (χ0n) is 8.57. The van der Waals surface area contributed by atoms with E-state index >= 15 is 0 Å². The molecule has 2 N–H and O–H groups in total. The molecule has 0 aliphatic heterocycles. The normalized spacial score (nSPS) is 11.0. The van der Waals surface area contributed by atoms with Crippen LogP contribution < -0.4 is 5.73 Å². The van der Waals surface area contributed by atoms with Gasteiger partial charge in [-0.25, -0.2) is 4.39 Å². The molecule has 0 heterocycles. The first-order valence-corrected chi connectivity index (χ1v) is 5.66. The summed E-state index contributed by atoms with van der Waals surface area (Å²) in [5.41, 5.74) is 6.26. The van der Waals surface area contributed by atoms with Crippen molar-refractivity contribution in [2.45, 2.75) is 11.3 Å². The van der Waals surface area contributed by atoms with E-state index in [9.17, 15) is 4.39 Å². The van der Waals surface area contributed by atoms with Gasteiger partial charge >= 0.3 is 0 Å². The van der Waals surface area contributed by atoms with Crippen LogP contribution >= 0.6 is 24.2 Å². The molecule has 0 unspecified atom stereocenters. The summed E-state index contributed by atoms with van der Waals surface area (Å²) in [5, 5.41) is 0. The highest BCUT2D eigenvalue weighted by Crippen LogP contribution is 2.16. The Balaban J connectivity index is 0.00000196. The van der Waals surface area contributed by atoms with Crippen molar-refractivity contribution in [2.24, 2.45) is 5.73 Å². The van der Waals surface area contributed by atoms with Crippen molar-refractivity contribution < 1.29 is 4.39 Å². The zero-order valence-corrected chi connectivity index (χ0v) is 10.2. The lowest BCUT2D eigenvalue weighted by Crippen LogP contribution is -1.99. The van der Waals surface area contributed by atoms with Crippen LogP contribution in [0.5, 0.6) is 0 Å². The molecule has 0 aliphatic carbocycles. The molecule has 1 rings (SSSR count). The maximum absolute atomic E-state index is 12.7. The van der Waals surface area contributed by atoms with E-state index in [4.69, 9.17) is 5.73 Å². The van der Waals surface area contributed by atoms with Crippen LogP contribution in [0.3, 0.4) is 0 Å². The van der Waals surface area contributed by atoms with E-state index in [-0.39, 0.29) is 24.8 Å². The van der Waals surface area contributed by atoms with E-state index in [1.54, 1.807) is 11.8 Å². The minimum absolute atomic E-state index is 0. The van der Waals surface area contributed by atoms with Crippen LogP contribution in [0.15, 0.2) is 41.1 Å². The third-order valence-corrected chi connectivity index (χ3v) is 2.61. The molecular weight excluding hydrogens is 233 g/mol. The molecule has 1 aromatic rings. The van der Waals surface area contributed by atoms with Crippen molar-refractivity contribution in [3.8, 4) is 0 Å². The minimum Gasteiger partial charge on any atom is -0.325 e. The number of benzene rings is 1. The molecule has 0 radical (unpaired) electrons. The van der Waals surface area contributed by atoms with Crippen molar-refractivity contribution in [1.82, 2.24) is 0 Å². The number of allylic oxidation sites excluding steroid dienone is 1. The SMILES string of the molecule is CSc1cccc(C/C=C(\F)CN)c1.Cl. The van der Waals surface area contributed by atoms with Gasteiger partial charge in [0, 0.05) is 11.4 Å². The Bertz CT molecular complexity index is 328. The van der Waals surface area contributed by atoms with E-state index < -0.39 is 0 Å². The minimum atomic E-state index is -0.250. The number of rotatable bonds is 4. The van der Waals surface area contributed by atoms with Crippen LogP contribution in [-0.2, 0) is 6.42 Å². The highest BCUT2D eigenvalue weighted by Gasteiger charge is 1.94. The van der Waals surface area contributed by atoms with Crippen molar-refractivity contribution in [1.29, 1.82) is 0 Å². The van der Waals surface area contributed by atoms with Crippen LogP contribution in [0, 0.1) is 0 Å². The maximum atomic E-state index is 12.7. The van der Waals surface area contributed by atoms with Crippen LogP contribution in [0.1, 0.15) is 5.56 Å². The largest absolute Gasteiger partial charge is 0.325 e. The van der Waals surface area contributed by atoms with Gasteiger partial charge in [-0.1, -0.05) is 12.1 Å². The molecule has 1 nitrogen and oxygen atoms in total. The Labute approximate surface area is 100 Å². The van der Waals surface area contributed by atoms with Crippen molar-refractivity contribution in [3.05, 3.63) is 41.7 Å². The van der Waals surface area contributed by atoms with Gasteiger partial charge in [0.15, 0.2) is 0 Å². The Morgan fingerprint density at radius 2 is 2.27 bits per heavy atom. The predicted octanol–water partition coefficient (Wildman–Crippen LogP) is 3.18. The smallest absolute Gasteiger partial charge is 0.110 e. The number of halogens is 2. The number of hydrogen-bond acceptors (Lipinski definition) is 2. The molecule has 0 amide bonds. The monoisotopic (exact) mass is 247 g/mol. The van der Waals surface area contributed by atoms with E-state index in [2.05, 4.69) is 6.07 Å². The predicted molar refractivity (Wildman–Crippen MR) is 67.4 cm³/mol. The fourth-order valence-electron chi connectivity index (χ4n) is 1.11. The summed E-state index contributed by atoms with van der Waals surface area (Å²) in [7, 11) is 0. The van der Waals surface area contributed by atoms with Crippen molar-refractivity contribution >= 4 is 24.2 Å². The second kappa shape index (κ2) is 7.74. The van der Waals surface area contributed by atoms with Gasteiger partial charge in [0.05, 0.1) is 0 Å². The zero-order chi connectivity index (χ0) is 10.4. The molecule has 0 aromatic heterocycles. The number of thioether (sulfide) groups is 1. The lowest BCUT2D eigenvalue weighted by molar-refractivity contribution is 0.614. The standard InChI is InChI=1S/C11H14FNS.ClH/c1-14-11-4-2-3-9(7-11)5-6-10(12)8-13;/h2-4,6-7H,5,8,13H2,1H3;1H/b10-6-;. The van der Waals surface area contributed by atoms with Gasteiger partial charge < -0.3 is 5.73 Å². The van der Waals surface area contributed by atoms with E-state index in [1.165, 1.54) is 11.0 Å². The van der Waals surface area contributed by atoms with Gasteiger partial charge in [0.25, 0.3) is 0 Å². The molecule has 0 saturated heterocycles. The molecule has 0 fully saturated rings. The number of hydrogen-bond donors (Lipinski definition) is 1. The van der Waals surface area contributed by atoms with Crippen LogP contribution in [-0.4, -0.2) is 12.8 Å². The molecule has 0 aliphatic rings. The average Bonchev–Trinajstić information content (AvgIpc) is 2.26. The number of nitrogens with two attached hydrogens (primary N) is 1. The van der Waals surface area contributed by atoms with Gasteiger partial charge in [0.2, 0.25) is 0 Å². The first-order chi connectivity index (χ1) is 6.76. The summed E-state index contributed by atoms with van der Waals surface area (Å²) in [5.74, 6) is -0.250. The molecule has 0 atom stereocenters. The highest BCUT2D eigenvalue weighted by molar-refractivity contribution is 7.98.